The highest BCUT2D eigenvalue weighted by Crippen LogP contribution is 2.13. The Morgan fingerprint density at radius 1 is 1.17 bits per heavy atom. The summed E-state index contributed by atoms with van der Waals surface area (Å²) in [5, 5.41) is 2.91. The molecule has 6 nitrogen and oxygen atoms in total. The van der Waals surface area contributed by atoms with Crippen LogP contribution in [-0.2, 0) is 13.0 Å². The molecule has 0 unspecified atom stereocenters. The van der Waals surface area contributed by atoms with Crippen molar-refractivity contribution in [3.63, 3.8) is 0 Å². The lowest BCUT2D eigenvalue weighted by Crippen LogP contribution is -2.25. The van der Waals surface area contributed by atoms with Crippen LogP contribution in [0, 0.1) is 0 Å². The topological polar surface area (TPSA) is 92.9 Å². The molecular weight excluding hydrogens is 304 g/mol. The summed E-state index contributed by atoms with van der Waals surface area (Å²) in [6, 6.07) is 15.2. The predicted molar refractivity (Wildman–Crippen MR) is 94.1 cm³/mol. The number of imidazole rings is 1. The van der Waals surface area contributed by atoms with Crippen LogP contribution in [0.25, 0.3) is 11.0 Å². The second-order valence-electron chi connectivity index (χ2n) is 5.59. The van der Waals surface area contributed by atoms with E-state index in [0.717, 1.165) is 6.42 Å². The molecule has 0 aliphatic heterocycles. The number of nitrogens with zero attached hydrogens (tertiary/aromatic N) is 1. The van der Waals surface area contributed by atoms with Crippen LogP contribution < -0.4 is 16.7 Å². The molecule has 3 aromatic rings. The second-order valence-corrected chi connectivity index (χ2v) is 5.59. The lowest BCUT2D eigenvalue weighted by atomic mass is 10.1. The number of aromatic nitrogens is 2. The van der Waals surface area contributed by atoms with Crippen LogP contribution in [0.1, 0.15) is 15.9 Å². The van der Waals surface area contributed by atoms with E-state index in [2.05, 4.69) is 10.3 Å². The largest absolute Gasteiger partial charge is 0.352 e. The number of fused-ring (bicyclic) bond motifs is 1. The molecule has 0 atom stereocenters. The molecule has 0 radical (unpaired) electrons. The highest BCUT2D eigenvalue weighted by Gasteiger charge is 2.10. The normalized spacial score (nSPS) is 10.9. The van der Waals surface area contributed by atoms with Gasteiger partial charge in [-0.05, 0) is 30.2 Å². The van der Waals surface area contributed by atoms with Crippen molar-refractivity contribution in [3.05, 3.63) is 70.1 Å². The SMILES string of the molecule is NCCn1c(=O)[nH]c2ccc(C(=O)NCCc3ccccc3)cc21. The van der Waals surface area contributed by atoms with Crippen molar-refractivity contribution in [2.24, 2.45) is 5.73 Å². The maximum absolute atomic E-state index is 12.3. The number of hydrogen-bond acceptors (Lipinski definition) is 3. The standard InChI is InChI=1S/C18H20N4O2/c19-9-11-22-16-12-14(6-7-15(16)21-18(22)24)17(23)20-10-8-13-4-2-1-3-5-13/h1-7,12H,8-11,19H2,(H,20,23)(H,21,24). The summed E-state index contributed by atoms with van der Waals surface area (Å²) in [5.41, 5.74) is 8.44. The molecule has 0 saturated carbocycles. The Morgan fingerprint density at radius 3 is 2.71 bits per heavy atom. The summed E-state index contributed by atoms with van der Waals surface area (Å²) >= 11 is 0. The van der Waals surface area contributed by atoms with Gasteiger partial charge in [-0.25, -0.2) is 4.79 Å². The first-order valence-electron chi connectivity index (χ1n) is 7.94. The predicted octanol–water partition coefficient (Wildman–Crippen LogP) is 1.26. The van der Waals surface area contributed by atoms with Gasteiger partial charge in [-0.3, -0.25) is 9.36 Å². The van der Waals surface area contributed by atoms with Gasteiger partial charge >= 0.3 is 5.69 Å². The molecule has 1 amide bonds. The zero-order valence-corrected chi connectivity index (χ0v) is 13.3. The van der Waals surface area contributed by atoms with E-state index < -0.39 is 0 Å². The zero-order chi connectivity index (χ0) is 16.9. The molecule has 24 heavy (non-hydrogen) atoms. The third kappa shape index (κ3) is 3.38. The van der Waals surface area contributed by atoms with Crippen LogP contribution in [0.4, 0.5) is 0 Å². The molecule has 2 aromatic carbocycles. The van der Waals surface area contributed by atoms with Gasteiger partial charge in [0.25, 0.3) is 5.91 Å². The third-order valence-electron chi connectivity index (χ3n) is 3.93. The molecule has 0 bridgehead atoms. The molecule has 4 N–H and O–H groups in total. The van der Waals surface area contributed by atoms with Gasteiger partial charge in [-0.1, -0.05) is 30.3 Å². The number of nitrogens with two attached hydrogens (primary N) is 1. The fourth-order valence-corrected chi connectivity index (χ4v) is 2.71. The Labute approximate surface area is 139 Å². The van der Waals surface area contributed by atoms with Crippen LogP contribution >= 0.6 is 0 Å². The first kappa shape index (κ1) is 16.0. The Balaban J connectivity index is 1.72. The minimum atomic E-state index is -0.211. The minimum Gasteiger partial charge on any atom is -0.352 e. The lowest BCUT2D eigenvalue weighted by molar-refractivity contribution is 0.0954. The molecule has 0 spiro atoms. The van der Waals surface area contributed by atoms with E-state index in [1.165, 1.54) is 5.56 Å². The molecule has 6 heteroatoms. The van der Waals surface area contributed by atoms with Gasteiger partial charge in [-0.15, -0.1) is 0 Å². The lowest BCUT2D eigenvalue weighted by Gasteiger charge is -2.06. The Kier molecular flexibility index (Phi) is 4.77. The molecule has 1 heterocycles. The zero-order valence-electron chi connectivity index (χ0n) is 13.3. The number of H-pyrrole nitrogens is 1. The fourth-order valence-electron chi connectivity index (χ4n) is 2.71. The van der Waals surface area contributed by atoms with E-state index in [4.69, 9.17) is 5.73 Å². The van der Waals surface area contributed by atoms with Gasteiger partial charge in [0.15, 0.2) is 0 Å². The van der Waals surface area contributed by atoms with Gasteiger partial charge in [0, 0.05) is 25.2 Å². The fraction of sp³-hybridized carbons (Fsp3) is 0.222. The van der Waals surface area contributed by atoms with Gasteiger partial charge in [0.1, 0.15) is 0 Å². The Hall–Kier alpha value is -2.86. The molecular formula is C18H20N4O2. The molecule has 0 aliphatic carbocycles. The molecule has 1 aromatic heterocycles. The molecule has 0 aliphatic rings. The Bertz CT molecular complexity index is 896. The maximum atomic E-state index is 12.3. The van der Waals surface area contributed by atoms with Gasteiger partial charge < -0.3 is 16.0 Å². The number of aromatic amines is 1. The molecule has 124 valence electrons. The van der Waals surface area contributed by atoms with E-state index in [0.29, 0.717) is 36.2 Å². The summed E-state index contributed by atoms with van der Waals surface area (Å²) in [6.45, 7) is 1.34. The van der Waals surface area contributed by atoms with Crippen molar-refractivity contribution in [2.45, 2.75) is 13.0 Å². The summed E-state index contributed by atoms with van der Waals surface area (Å²) < 4.78 is 1.55. The van der Waals surface area contributed by atoms with E-state index in [1.807, 2.05) is 30.3 Å². The van der Waals surface area contributed by atoms with E-state index in [1.54, 1.807) is 22.8 Å². The maximum Gasteiger partial charge on any atom is 0.326 e. The van der Waals surface area contributed by atoms with Crippen molar-refractivity contribution in [2.75, 3.05) is 13.1 Å². The van der Waals surface area contributed by atoms with Crippen molar-refractivity contribution in [1.82, 2.24) is 14.9 Å². The van der Waals surface area contributed by atoms with Crippen LogP contribution in [0.15, 0.2) is 53.3 Å². The molecule has 3 rings (SSSR count). The van der Waals surface area contributed by atoms with Crippen LogP contribution in [-0.4, -0.2) is 28.5 Å². The summed E-state index contributed by atoms with van der Waals surface area (Å²) in [5.74, 6) is -0.152. The highest BCUT2D eigenvalue weighted by atomic mass is 16.2. The first-order valence-corrected chi connectivity index (χ1v) is 7.94. The first-order chi connectivity index (χ1) is 11.7. The average Bonchev–Trinajstić information content (AvgIpc) is 2.91. The van der Waals surface area contributed by atoms with E-state index >= 15 is 0 Å². The summed E-state index contributed by atoms with van der Waals surface area (Å²) in [6.07, 6.45) is 0.775. The van der Waals surface area contributed by atoms with E-state index in [9.17, 15) is 9.59 Å². The number of carbonyl (C=O) groups is 1. The van der Waals surface area contributed by atoms with Crippen LogP contribution in [0.3, 0.4) is 0 Å². The monoisotopic (exact) mass is 324 g/mol. The third-order valence-corrected chi connectivity index (χ3v) is 3.93. The summed E-state index contributed by atoms with van der Waals surface area (Å²) in [7, 11) is 0. The van der Waals surface area contributed by atoms with Crippen molar-refractivity contribution in [3.8, 4) is 0 Å². The number of nitrogens with one attached hydrogen (secondary N) is 2. The Morgan fingerprint density at radius 2 is 1.96 bits per heavy atom. The smallest absolute Gasteiger partial charge is 0.326 e. The quantitative estimate of drug-likeness (QED) is 0.637. The number of hydrogen-bond donors (Lipinski definition) is 3. The molecule has 0 saturated heterocycles. The number of benzene rings is 2. The highest BCUT2D eigenvalue weighted by molar-refractivity contribution is 5.97. The summed E-state index contributed by atoms with van der Waals surface area (Å²) in [4.78, 5) is 27.0. The van der Waals surface area contributed by atoms with Gasteiger partial charge in [-0.2, -0.15) is 0 Å². The van der Waals surface area contributed by atoms with Gasteiger partial charge in [0.2, 0.25) is 0 Å². The van der Waals surface area contributed by atoms with Crippen LogP contribution in [0.2, 0.25) is 0 Å². The number of carbonyl (C=O) groups excluding carboxylic acids is 1. The van der Waals surface area contributed by atoms with E-state index in [-0.39, 0.29) is 11.6 Å². The minimum absolute atomic E-state index is 0.152. The molecule has 0 fully saturated rings. The number of rotatable bonds is 6. The second kappa shape index (κ2) is 7.14. The number of amides is 1. The average molecular weight is 324 g/mol. The van der Waals surface area contributed by atoms with Crippen molar-refractivity contribution in [1.29, 1.82) is 0 Å². The van der Waals surface area contributed by atoms with Crippen molar-refractivity contribution < 1.29 is 4.79 Å². The van der Waals surface area contributed by atoms with Gasteiger partial charge in [0.05, 0.1) is 11.0 Å². The van der Waals surface area contributed by atoms with Crippen LogP contribution in [0.5, 0.6) is 0 Å². The van der Waals surface area contributed by atoms with Crippen molar-refractivity contribution >= 4 is 16.9 Å².